The summed E-state index contributed by atoms with van der Waals surface area (Å²) in [6.45, 7) is 0. The van der Waals surface area contributed by atoms with Crippen molar-refractivity contribution < 1.29 is 0 Å². The molecule has 15 heavy (non-hydrogen) atoms. The monoisotopic (exact) mass is 218 g/mol. The maximum atomic E-state index is 5.80. The summed E-state index contributed by atoms with van der Waals surface area (Å²) >= 11 is 1.44. The zero-order valence-corrected chi connectivity index (χ0v) is 8.35. The molecule has 0 saturated carbocycles. The third-order valence-electron chi connectivity index (χ3n) is 1.97. The summed E-state index contributed by atoms with van der Waals surface area (Å²) in [6.07, 6.45) is 4.86. The molecule has 2 N–H and O–H groups in total. The Kier molecular flexibility index (Phi) is 1.65. The molecule has 0 radical (unpaired) electrons. The Morgan fingerprint density at radius 1 is 1.40 bits per heavy atom. The van der Waals surface area contributed by atoms with Crippen LogP contribution in [-0.4, -0.2) is 24.8 Å². The highest BCUT2D eigenvalue weighted by molar-refractivity contribution is 7.19. The second kappa shape index (κ2) is 2.99. The predicted octanol–water partition coefficient (Wildman–Crippen LogP) is 0.830. The van der Waals surface area contributed by atoms with Crippen molar-refractivity contribution in [2.45, 2.75) is 0 Å². The van der Waals surface area contributed by atoms with E-state index in [1.165, 1.54) is 11.3 Å². The number of nitrogens with zero attached hydrogens (tertiary/aromatic N) is 5. The van der Waals surface area contributed by atoms with Gasteiger partial charge in [-0.3, -0.25) is 4.98 Å². The third-order valence-corrected chi connectivity index (χ3v) is 2.92. The number of anilines is 1. The lowest BCUT2D eigenvalue weighted by atomic mass is 10.2. The maximum absolute atomic E-state index is 5.80. The van der Waals surface area contributed by atoms with Crippen molar-refractivity contribution in [3.8, 4) is 10.6 Å². The van der Waals surface area contributed by atoms with Gasteiger partial charge in [0.05, 0.1) is 11.9 Å². The second-order valence-electron chi connectivity index (χ2n) is 2.93. The van der Waals surface area contributed by atoms with E-state index in [9.17, 15) is 0 Å². The Labute approximate surface area is 88.4 Å². The predicted molar refractivity (Wildman–Crippen MR) is 56.3 cm³/mol. The Hall–Kier alpha value is -2.02. The molecular formula is C8H6N6S. The van der Waals surface area contributed by atoms with Crippen LogP contribution in [0.2, 0.25) is 0 Å². The molecule has 3 heterocycles. The van der Waals surface area contributed by atoms with E-state index in [-0.39, 0.29) is 0 Å². The molecule has 0 saturated heterocycles. The lowest BCUT2D eigenvalue weighted by Crippen LogP contribution is -1.91. The Bertz CT molecular complexity index is 584. The number of pyridine rings is 1. The van der Waals surface area contributed by atoms with Crippen LogP contribution in [-0.2, 0) is 0 Å². The summed E-state index contributed by atoms with van der Waals surface area (Å²) in [7, 11) is 0. The van der Waals surface area contributed by atoms with Crippen molar-refractivity contribution >= 4 is 22.0 Å². The molecule has 6 nitrogen and oxygen atoms in total. The lowest BCUT2D eigenvalue weighted by Gasteiger charge is -1.98. The molecule has 0 aliphatic heterocycles. The normalized spacial score (nSPS) is 10.9. The summed E-state index contributed by atoms with van der Waals surface area (Å²) in [5.41, 5.74) is 7.29. The number of aromatic nitrogens is 5. The zero-order chi connectivity index (χ0) is 10.3. The zero-order valence-electron chi connectivity index (χ0n) is 7.53. The highest BCUT2D eigenvalue weighted by Crippen LogP contribution is 2.28. The molecule has 3 rings (SSSR count). The van der Waals surface area contributed by atoms with Crippen LogP contribution in [0, 0.1) is 0 Å². The summed E-state index contributed by atoms with van der Waals surface area (Å²) < 4.78 is 1.62. The van der Waals surface area contributed by atoms with Gasteiger partial charge in [0.15, 0.2) is 0 Å². The Balaban J connectivity index is 2.22. The van der Waals surface area contributed by atoms with E-state index in [0.717, 1.165) is 15.5 Å². The maximum Gasteiger partial charge on any atom is 0.234 e. The topological polar surface area (TPSA) is 82.0 Å². The van der Waals surface area contributed by atoms with Crippen LogP contribution in [0.15, 0.2) is 24.8 Å². The fourth-order valence-corrected chi connectivity index (χ4v) is 2.14. The number of nitrogens with two attached hydrogens (primary N) is 1. The fourth-order valence-electron chi connectivity index (χ4n) is 1.27. The molecular weight excluding hydrogens is 212 g/mol. The van der Waals surface area contributed by atoms with E-state index in [2.05, 4.69) is 20.3 Å². The first-order valence-corrected chi connectivity index (χ1v) is 5.03. The van der Waals surface area contributed by atoms with E-state index in [1.54, 1.807) is 23.2 Å². The van der Waals surface area contributed by atoms with Gasteiger partial charge in [0, 0.05) is 11.8 Å². The van der Waals surface area contributed by atoms with E-state index in [4.69, 9.17) is 5.73 Å². The quantitative estimate of drug-likeness (QED) is 0.654. The van der Waals surface area contributed by atoms with Gasteiger partial charge in [0.25, 0.3) is 0 Å². The van der Waals surface area contributed by atoms with Crippen molar-refractivity contribution in [2.24, 2.45) is 0 Å². The fraction of sp³-hybridized carbons (Fsp3) is 0. The third kappa shape index (κ3) is 1.24. The van der Waals surface area contributed by atoms with Gasteiger partial charge in [-0.05, 0) is 6.07 Å². The first kappa shape index (κ1) is 8.30. The van der Waals surface area contributed by atoms with Gasteiger partial charge in [-0.25, -0.2) is 0 Å². The smallest absolute Gasteiger partial charge is 0.234 e. The molecule has 0 fully saturated rings. The molecule has 0 aliphatic carbocycles. The number of hydrogen-bond donors (Lipinski definition) is 1. The van der Waals surface area contributed by atoms with E-state index < -0.39 is 0 Å². The van der Waals surface area contributed by atoms with Crippen LogP contribution in [0.5, 0.6) is 0 Å². The molecule has 0 bridgehead atoms. The van der Waals surface area contributed by atoms with Crippen LogP contribution in [0.4, 0.5) is 5.69 Å². The van der Waals surface area contributed by atoms with Gasteiger partial charge in [0.1, 0.15) is 11.3 Å². The molecule has 7 heteroatoms. The van der Waals surface area contributed by atoms with Crippen molar-refractivity contribution in [1.82, 2.24) is 24.8 Å². The van der Waals surface area contributed by atoms with Crippen molar-refractivity contribution in [1.29, 1.82) is 0 Å². The van der Waals surface area contributed by atoms with E-state index in [0.29, 0.717) is 5.69 Å². The molecule has 3 aromatic rings. The Morgan fingerprint density at radius 2 is 2.33 bits per heavy atom. The highest BCUT2D eigenvalue weighted by Gasteiger charge is 2.09. The molecule has 0 spiro atoms. The number of nitrogen functional groups attached to an aromatic ring is 1. The average molecular weight is 218 g/mol. The van der Waals surface area contributed by atoms with Gasteiger partial charge < -0.3 is 5.73 Å². The first-order valence-electron chi connectivity index (χ1n) is 4.21. The van der Waals surface area contributed by atoms with Crippen molar-refractivity contribution in [2.75, 3.05) is 5.73 Å². The number of rotatable bonds is 1. The standard InChI is InChI=1S/C8H6N6S/c9-6-3-10-2-1-5(6)7-13-14-4-11-12-8(14)15-7/h1-4H,9H2. The van der Waals surface area contributed by atoms with Crippen LogP contribution in [0.3, 0.4) is 0 Å². The van der Waals surface area contributed by atoms with Crippen molar-refractivity contribution in [3.63, 3.8) is 0 Å². The minimum Gasteiger partial charge on any atom is -0.397 e. The SMILES string of the molecule is Nc1cnccc1-c1nn2cnnc2s1. The van der Waals surface area contributed by atoms with Gasteiger partial charge in [-0.15, -0.1) is 10.2 Å². The van der Waals surface area contributed by atoms with Crippen LogP contribution >= 0.6 is 11.3 Å². The molecule has 0 amide bonds. The largest absolute Gasteiger partial charge is 0.397 e. The summed E-state index contributed by atoms with van der Waals surface area (Å²) in [4.78, 5) is 4.68. The van der Waals surface area contributed by atoms with Gasteiger partial charge >= 0.3 is 0 Å². The summed E-state index contributed by atoms with van der Waals surface area (Å²) in [5, 5.41) is 12.8. The highest BCUT2D eigenvalue weighted by atomic mass is 32.1. The molecule has 0 aromatic carbocycles. The summed E-state index contributed by atoms with van der Waals surface area (Å²) in [6, 6.07) is 1.83. The van der Waals surface area contributed by atoms with Crippen LogP contribution in [0.1, 0.15) is 0 Å². The Morgan fingerprint density at radius 3 is 3.13 bits per heavy atom. The number of fused-ring (bicyclic) bond motifs is 1. The molecule has 3 aromatic heterocycles. The van der Waals surface area contributed by atoms with Crippen LogP contribution < -0.4 is 5.73 Å². The molecule has 0 atom stereocenters. The van der Waals surface area contributed by atoms with E-state index >= 15 is 0 Å². The minimum atomic E-state index is 0.613. The van der Waals surface area contributed by atoms with Gasteiger partial charge in [-0.2, -0.15) is 9.61 Å². The lowest BCUT2D eigenvalue weighted by molar-refractivity contribution is 0.960. The average Bonchev–Trinajstić information content (AvgIpc) is 2.77. The van der Waals surface area contributed by atoms with Gasteiger partial charge in [-0.1, -0.05) is 11.3 Å². The first-order chi connectivity index (χ1) is 7.34. The molecule has 0 unspecified atom stereocenters. The molecule has 0 aliphatic rings. The number of hydrogen-bond acceptors (Lipinski definition) is 6. The minimum absolute atomic E-state index is 0.613. The van der Waals surface area contributed by atoms with Crippen molar-refractivity contribution in [3.05, 3.63) is 24.8 Å². The van der Waals surface area contributed by atoms with Gasteiger partial charge in [0.2, 0.25) is 4.96 Å². The second-order valence-corrected chi connectivity index (χ2v) is 3.88. The molecule has 74 valence electrons. The van der Waals surface area contributed by atoms with Crippen LogP contribution in [0.25, 0.3) is 15.5 Å². The van der Waals surface area contributed by atoms with E-state index in [1.807, 2.05) is 6.07 Å². The summed E-state index contributed by atoms with van der Waals surface area (Å²) in [5.74, 6) is 0.